The molecule has 0 saturated heterocycles. The molecule has 1 aromatic heterocycles. The lowest BCUT2D eigenvalue weighted by Crippen LogP contribution is -2.13. The molecular formula is C16H11Cl2FN4OS2. The number of aromatic nitrogens is 2. The minimum absolute atomic E-state index is 0.137. The van der Waals surface area contributed by atoms with E-state index in [1.807, 2.05) is 0 Å². The number of hydrogen-bond donors (Lipinski definition) is 2. The van der Waals surface area contributed by atoms with E-state index >= 15 is 0 Å². The fourth-order valence-corrected chi connectivity index (χ4v) is 4.04. The molecule has 1 amide bonds. The molecule has 0 aliphatic heterocycles. The molecule has 0 spiro atoms. The van der Waals surface area contributed by atoms with Gasteiger partial charge in [-0.25, -0.2) is 4.39 Å². The number of hydrogen-bond acceptors (Lipinski definition) is 6. The third kappa shape index (κ3) is 5.31. The molecule has 3 rings (SSSR count). The molecular weight excluding hydrogens is 418 g/mol. The Kier molecular flexibility index (Phi) is 6.31. The second-order valence-corrected chi connectivity index (χ2v) is 8.05. The number of nitrogens with zero attached hydrogens (tertiary/aromatic N) is 2. The number of anilines is 3. The first-order chi connectivity index (χ1) is 12.5. The number of halogens is 3. The molecule has 5 nitrogen and oxygen atoms in total. The van der Waals surface area contributed by atoms with Crippen molar-refractivity contribution in [1.29, 1.82) is 0 Å². The minimum atomic E-state index is -0.378. The Morgan fingerprint density at radius 1 is 1.15 bits per heavy atom. The molecule has 0 bridgehead atoms. The van der Waals surface area contributed by atoms with Crippen molar-refractivity contribution in [2.45, 2.75) is 4.34 Å². The summed E-state index contributed by atoms with van der Waals surface area (Å²) in [5.41, 5.74) is 0.836. The van der Waals surface area contributed by atoms with Crippen LogP contribution in [-0.2, 0) is 4.79 Å². The lowest BCUT2D eigenvalue weighted by molar-refractivity contribution is -0.113. The van der Waals surface area contributed by atoms with Gasteiger partial charge in [0, 0.05) is 15.7 Å². The van der Waals surface area contributed by atoms with E-state index < -0.39 is 0 Å². The Hall–Kier alpha value is -1.87. The van der Waals surface area contributed by atoms with Gasteiger partial charge in [0.05, 0.1) is 11.4 Å². The standard InChI is InChI=1S/C16H11Cl2FN4OS2/c17-9-5-10(18)7-11(6-9)20-14(24)8-25-16-23-22-15(26-16)21-13-4-2-1-3-12(13)19/h1-7H,8H2,(H,20,24)(H,21,22). The molecule has 0 atom stereocenters. The Balaban J connectivity index is 1.54. The van der Waals surface area contributed by atoms with Crippen LogP contribution in [0.5, 0.6) is 0 Å². The number of rotatable bonds is 6. The van der Waals surface area contributed by atoms with Gasteiger partial charge >= 0.3 is 0 Å². The summed E-state index contributed by atoms with van der Waals surface area (Å²) in [5.74, 6) is -0.470. The van der Waals surface area contributed by atoms with E-state index in [-0.39, 0.29) is 17.5 Å². The third-order valence-electron chi connectivity index (χ3n) is 2.99. The van der Waals surface area contributed by atoms with Crippen molar-refractivity contribution >= 4 is 68.7 Å². The Bertz CT molecular complexity index is 918. The van der Waals surface area contributed by atoms with Crippen LogP contribution in [0, 0.1) is 5.82 Å². The zero-order chi connectivity index (χ0) is 18.5. The van der Waals surface area contributed by atoms with Crippen LogP contribution in [0.15, 0.2) is 46.8 Å². The summed E-state index contributed by atoms with van der Waals surface area (Å²) in [6.07, 6.45) is 0. The molecule has 3 aromatic rings. The third-order valence-corrected chi connectivity index (χ3v) is 5.40. The monoisotopic (exact) mass is 428 g/mol. The summed E-state index contributed by atoms with van der Waals surface area (Å²) >= 11 is 14.2. The molecule has 0 aliphatic rings. The normalized spacial score (nSPS) is 10.6. The fraction of sp³-hybridized carbons (Fsp3) is 0.0625. The predicted octanol–water partition coefficient (Wildman–Crippen LogP) is 5.46. The van der Waals surface area contributed by atoms with Crippen molar-refractivity contribution in [2.24, 2.45) is 0 Å². The van der Waals surface area contributed by atoms with E-state index in [0.717, 1.165) is 0 Å². The van der Waals surface area contributed by atoms with Crippen molar-refractivity contribution in [2.75, 3.05) is 16.4 Å². The average Bonchev–Trinajstić information content (AvgIpc) is 3.02. The zero-order valence-corrected chi connectivity index (χ0v) is 16.1. The molecule has 0 aliphatic carbocycles. The SMILES string of the molecule is O=C(CSc1nnc(Nc2ccccc2F)s1)Nc1cc(Cl)cc(Cl)c1. The van der Waals surface area contributed by atoms with Gasteiger partial charge in [0.25, 0.3) is 0 Å². The highest BCUT2D eigenvalue weighted by Gasteiger charge is 2.10. The second-order valence-electron chi connectivity index (χ2n) is 4.97. The second kappa shape index (κ2) is 8.68. The maximum atomic E-state index is 13.6. The molecule has 134 valence electrons. The molecule has 0 unspecified atom stereocenters. The van der Waals surface area contributed by atoms with Crippen molar-refractivity contribution in [3.8, 4) is 0 Å². The van der Waals surface area contributed by atoms with Gasteiger partial charge in [-0.1, -0.05) is 58.4 Å². The Morgan fingerprint density at radius 2 is 1.88 bits per heavy atom. The van der Waals surface area contributed by atoms with Crippen LogP contribution in [0.25, 0.3) is 0 Å². The quantitative estimate of drug-likeness (QED) is 0.510. The van der Waals surface area contributed by atoms with E-state index in [0.29, 0.717) is 30.9 Å². The highest BCUT2D eigenvalue weighted by Crippen LogP contribution is 2.29. The molecule has 0 fully saturated rings. The first-order valence-electron chi connectivity index (χ1n) is 7.23. The number of amides is 1. The topological polar surface area (TPSA) is 66.9 Å². The number of carbonyl (C=O) groups is 1. The summed E-state index contributed by atoms with van der Waals surface area (Å²) in [6, 6.07) is 11.1. The molecule has 1 heterocycles. The summed E-state index contributed by atoms with van der Waals surface area (Å²) < 4.78 is 14.2. The van der Waals surface area contributed by atoms with Gasteiger partial charge in [-0.2, -0.15) is 0 Å². The number of nitrogens with one attached hydrogen (secondary N) is 2. The van der Waals surface area contributed by atoms with Crippen LogP contribution in [-0.4, -0.2) is 21.9 Å². The van der Waals surface area contributed by atoms with Crippen LogP contribution in [0.1, 0.15) is 0 Å². The van der Waals surface area contributed by atoms with E-state index in [4.69, 9.17) is 23.2 Å². The van der Waals surface area contributed by atoms with Gasteiger partial charge in [-0.15, -0.1) is 10.2 Å². The van der Waals surface area contributed by atoms with Gasteiger partial charge in [-0.3, -0.25) is 4.79 Å². The number of thioether (sulfide) groups is 1. The average molecular weight is 429 g/mol. The Morgan fingerprint density at radius 3 is 2.62 bits per heavy atom. The van der Waals surface area contributed by atoms with Gasteiger partial charge in [0.2, 0.25) is 11.0 Å². The predicted molar refractivity (Wildman–Crippen MR) is 105 cm³/mol. The summed E-state index contributed by atoms with van der Waals surface area (Å²) in [6.45, 7) is 0. The van der Waals surface area contributed by atoms with Gasteiger partial charge in [0.15, 0.2) is 4.34 Å². The fourth-order valence-electron chi connectivity index (χ4n) is 1.95. The Labute approximate surface area is 166 Å². The van der Waals surface area contributed by atoms with Crippen LogP contribution in [0.3, 0.4) is 0 Å². The van der Waals surface area contributed by atoms with Crippen LogP contribution >= 0.6 is 46.3 Å². The van der Waals surface area contributed by atoms with Crippen LogP contribution in [0.2, 0.25) is 10.0 Å². The largest absolute Gasteiger partial charge is 0.328 e. The van der Waals surface area contributed by atoms with E-state index in [9.17, 15) is 9.18 Å². The lowest BCUT2D eigenvalue weighted by atomic mass is 10.3. The van der Waals surface area contributed by atoms with Gasteiger partial charge < -0.3 is 10.6 Å². The zero-order valence-electron chi connectivity index (χ0n) is 13.0. The lowest BCUT2D eigenvalue weighted by Gasteiger charge is -2.05. The smallest absolute Gasteiger partial charge is 0.234 e. The van der Waals surface area contributed by atoms with Crippen molar-refractivity contribution < 1.29 is 9.18 Å². The van der Waals surface area contributed by atoms with E-state index in [1.165, 1.54) is 29.2 Å². The molecule has 10 heteroatoms. The molecule has 0 saturated carbocycles. The highest BCUT2D eigenvalue weighted by molar-refractivity contribution is 8.01. The summed E-state index contributed by atoms with van der Waals surface area (Å²) in [5, 5.41) is 14.8. The van der Waals surface area contributed by atoms with Crippen molar-refractivity contribution in [3.63, 3.8) is 0 Å². The van der Waals surface area contributed by atoms with Gasteiger partial charge in [0.1, 0.15) is 5.82 Å². The van der Waals surface area contributed by atoms with Crippen LogP contribution < -0.4 is 10.6 Å². The van der Waals surface area contributed by atoms with E-state index in [2.05, 4.69) is 20.8 Å². The number of carbonyl (C=O) groups excluding carboxylic acids is 1. The molecule has 2 N–H and O–H groups in total. The van der Waals surface area contributed by atoms with E-state index in [1.54, 1.807) is 36.4 Å². The minimum Gasteiger partial charge on any atom is -0.328 e. The maximum absolute atomic E-state index is 13.6. The number of benzene rings is 2. The summed E-state index contributed by atoms with van der Waals surface area (Å²) in [4.78, 5) is 12.0. The van der Waals surface area contributed by atoms with Crippen molar-refractivity contribution in [1.82, 2.24) is 10.2 Å². The maximum Gasteiger partial charge on any atom is 0.234 e. The van der Waals surface area contributed by atoms with Crippen molar-refractivity contribution in [3.05, 3.63) is 58.3 Å². The first-order valence-corrected chi connectivity index (χ1v) is 9.79. The molecule has 2 aromatic carbocycles. The summed E-state index contributed by atoms with van der Waals surface area (Å²) in [7, 11) is 0. The van der Waals surface area contributed by atoms with Crippen LogP contribution in [0.4, 0.5) is 20.9 Å². The highest BCUT2D eigenvalue weighted by atomic mass is 35.5. The number of para-hydroxylation sites is 1. The molecule has 26 heavy (non-hydrogen) atoms. The van der Waals surface area contributed by atoms with Gasteiger partial charge in [-0.05, 0) is 30.3 Å². The first kappa shape index (κ1) is 18.9. The molecule has 0 radical (unpaired) electrons.